The Morgan fingerprint density at radius 3 is 0.841 bits per heavy atom. The van der Waals surface area contributed by atoms with Crippen molar-refractivity contribution >= 4 is 17.9 Å². The third-order valence-electron chi connectivity index (χ3n) is 13.3. The zero-order valence-corrected chi connectivity index (χ0v) is 46.1. The molecule has 0 saturated carbocycles. The lowest BCUT2D eigenvalue weighted by molar-refractivity contribution is -0.167. The van der Waals surface area contributed by atoms with Gasteiger partial charge in [0.2, 0.25) is 0 Å². The molecule has 0 aliphatic rings. The van der Waals surface area contributed by atoms with E-state index >= 15 is 0 Å². The quantitative estimate of drug-likeness (QED) is 0.0262. The Bertz CT molecular complexity index is 1200. The standard InChI is InChI=1S/C63H114O6/c1-4-7-10-13-16-19-22-25-28-31-33-35-38-41-44-47-50-53-56-62(65)68-59-60(58-67-61(64)55-52-49-46-43-40-37-34-30-27-24-21-18-15-12-9-6-3)69-63(66)57-54-51-48-45-42-39-36-32-29-26-23-20-17-14-11-8-5-2/h17,20-21,24,26,29-30,34,60H,4-16,18-19,22-23,25,27-28,31-33,35-59H2,1-3H3/b20-17-,24-21-,29-26-,34-30-. The maximum atomic E-state index is 12.9. The van der Waals surface area contributed by atoms with Crippen LogP contribution in [0.25, 0.3) is 0 Å². The largest absolute Gasteiger partial charge is 0.462 e. The average Bonchev–Trinajstić information content (AvgIpc) is 3.35. The third kappa shape index (κ3) is 56.2. The summed E-state index contributed by atoms with van der Waals surface area (Å²) in [7, 11) is 0. The van der Waals surface area contributed by atoms with Crippen LogP contribution in [0.5, 0.6) is 0 Å². The van der Waals surface area contributed by atoms with Gasteiger partial charge >= 0.3 is 17.9 Å². The lowest BCUT2D eigenvalue weighted by Crippen LogP contribution is -2.30. The summed E-state index contributed by atoms with van der Waals surface area (Å²) in [6.45, 7) is 6.62. The Morgan fingerprint density at radius 2 is 0.522 bits per heavy atom. The van der Waals surface area contributed by atoms with E-state index in [4.69, 9.17) is 14.2 Å². The van der Waals surface area contributed by atoms with Gasteiger partial charge in [0.1, 0.15) is 13.2 Å². The van der Waals surface area contributed by atoms with Crippen molar-refractivity contribution in [1.29, 1.82) is 0 Å². The van der Waals surface area contributed by atoms with Crippen molar-refractivity contribution in [3.8, 4) is 0 Å². The van der Waals surface area contributed by atoms with Crippen LogP contribution in [0.3, 0.4) is 0 Å². The number of unbranched alkanes of at least 4 members (excludes halogenated alkanes) is 36. The Morgan fingerprint density at radius 1 is 0.290 bits per heavy atom. The molecular formula is C63H114O6. The monoisotopic (exact) mass is 967 g/mol. The van der Waals surface area contributed by atoms with Gasteiger partial charge in [-0.25, -0.2) is 0 Å². The maximum Gasteiger partial charge on any atom is 0.306 e. The second-order valence-electron chi connectivity index (χ2n) is 20.3. The second-order valence-corrected chi connectivity index (χ2v) is 20.3. The Kier molecular flexibility index (Phi) is 55.7. The minimum absolute atomic E-state index is 0.0778. The molecule has 0 spiro atoms. The summed E-state index contributed by atoms with van der Waals surface area (Å²) in [6, 6.07) is 0. The number of ether oxygens (including phenoxy) is 3. The molecule has 0 fully saturated rings. The highest BCUT2D eigenvalue weighted by atomic mass is 16.6. The van der Waals surface area contributed by atoms with Crippen molar-refractivity contribution < 1.29 is 28.6 Å². The van der Waals surface area contributed by atoms with Gasteiger partial charge in [-0.3, -0.25) is 14.4 Å². The zero-order chi connectivity index (χ0) is 50.0. The van der Waals surface area contributed by atoms with Gasteiger partial charge in [0.15, 0.2) is 6.10 Å². The van der Waals surface area contributed by atoms with Gasteiger partial charge in [0.05, 0.1) is 0 Å². The summed E-state index contributed by atoms with van der Waals surface area (Å²) < 4.78 is 16.9. The molecule has 1 atom stereocenters. The van der Waals surface area contributed by atoms with Crippen LogP contribution in [0, 0.1) is 0 Å². The minimum atomic E-state index is -0.782. The molecule has 0 rings (SSSR count). The van der Waals surface area contributed by atoms with E-state index in [2.05, 4.69) is 69.4 Å². The molecule has 69 heavy (non-hydrogen) atoms. The average molecular weight is 968 g/mol. The fourth-order valence-electron chi connectivity index (χ4n) is 8.74. The summed E-state index contributed by atoms with van der Waals surface area (Å²) in [5.41, 5.74) is 0. The van der Waals surface area contributed by atoms with Crippen LogP contribution in [-0.2, 0) is 28.6 Å². The van der Waals surface area contributed by atoms with E-state index in [9.17, 15) is 14.4 Å². The predicted molar refractivity (Wildman–Crippen MR) is 298 cm³/mol. The first-order valence-corrected chi connectivity index (χ1v) is 30.1. The highest BCUT2D eigenvalue weighted by molar-refractivity contribution is 5.71. The first-order valence-electron chi connectivity index (χ1n) is 30.1. The van der Waals surface area contributed by atoms with E-state index in [0.29, 0.717) is 19.3 Å². The fourth-order valence-corrected chi connectivity index (χ4v) is 8.74. The SMILES string of the molecule is CCCCC/C=C\C/C=C\CCCCCCCCCC(=O)OC(COC(=O)CCCCCCC/C=C\C/C=C\CCCCCC)COC(=O)CCCCCCCCCCCCCCCCCCCC. The number of carbonyl (C=O) groups excluding carboxylic acids is 3. The molecule has 0 N–H and O–H groups in total. The number of hydrogen-bond acceptors (Lipinski definition) is 6. The van der Waals surface area contributed by atoms with Gasteiger partial charge in [-0.15, -0.1) is 0 Å². The number of carbonyl (C=O) groups is 3. The van der Waals surface area contributed by atoms with Crippen molar-refractivity contribution in [2.75, 3.05) is 13.2 Å². The maximum absolute atomic E-state index is 12.9. The normalized spacial score (nSPS) is 12.3. The zero-order valence-electron chi connectivity index (χ0n) is 46.1. The van der Waals surface area contributed by atoms with E-state index in [1.54, 1.807) is 0 Å². The van der Waals surface area contributed by atoms with Crippen molar-refractivity contribution in [3.63, 3.8) is 0 Å². The number of hydrogen-bond donors (Lipinski definition) is 0. The minimum Gasteiger partial charge on any atom is -0.462 e. The molecule has 6 nitrogen and oxygen atoms in total. The number of esters is 3. The van der Waals surface area contributed by atoms with Gasteiger partial charge in [0, 0.05) is 19.3 Å². The van der Waals surface area contributed by atoms with Gasteiger partial charge in [-0.05, 0) is 83.5 Å². The third-order valence-corrected chi connectivity index (χ3v) is 13.3. The summed E-state index contributed by atoms with van der Waals surface area (Å²) in [5.74, 6) is -0.883. The Balaban J connectivity index is 4.38. The molecule has 0 heterocycles. The van der Waals surface area contributed by atoms with E-state index in [1.165, 1.54) is 186 Å². The predicted octanol–water partition coefficient (Wildman–Crippen LogP) is 20.2. The van der Waals surface area contributed by atoms with Crippen LogP contribution in [0.4, 0.5) is 0 Å². The van der Waals surface area contributed by atoms with E-state index in [0.717, 1.165) is 89.9 Å². The van der Waals surface area contributed by atoms with Crippen LogP contribution in [0.2, 0.25) is 0 Å². The molecule has 0 aromatic heterocycles. The van der Waals surface area contributed by atoms with Gasteiger partial charge in [-0.2, -0.15) is 0 Å². The van der Waals surface area contributed by atoms with E-state index in [-0.39, 0.29) is 31.1 Å². The molecule has 0 aromatic rings. The topological polar surface area (TPSA) is 78.9 Å². The van der Waals surface area contributed by atoms with Crippen LogP contribution >= 0.6 is 0 Å². The molecule has 0 aromatic carbocycles. The lowest BCUT2D eigenvalue weighted by Gasteiger charge is -2.18. The molecule has 402 valence electrons. The Labute approximate surface area is 428 Å². The second kappa shape index (κ2) is 57.9. The summed E-state index contributed by atoms with van der Waals surface area (Å²) >= 11 is 0. The molecule has 0 radical (unpaired) electrons. The summed E-state index contributed by atoms with van der Waals surface area (Å²) in [6.07, 6.45) is 71.0. The Hall–Kier alpha value is -2.63. The number of allylic oxidation sites excluding steroid dienone is 8. The molecule has 0 amide bonds. The van der Waals surface area contributed by atoms with Crippen molar-refractivity contribution in [1.82, 2.24) is 0 Å². The molecule has 0 aliphatic heterocycles. The van der Waals surface area contributed by atoms with E-state index < -0.39 is 6.10 Å². The lowest BCUT2D eigenvalue weighted by atomic mass is 10.0. The van der Waals surface area contributed by atoms with Crippen LogP contribution in [0.1, 0.15) is 316 Å². The van der Waals surface area contributed by atoms with Crippen LogP contribution in [0.15, 0.2) is 48.6 Å². The first-order chi connectivity index (χ1) is 34.0. The summed E-state index contributed by atoms with van der Waals surface area (Å²) in [4.78, 5) is 38.2. The number of rotatable bonds is 55. The molecule has 0 aliphatic carbocycles. The smallest absolute Gasteiger partial charge is 0.306 e. The van der Waals surface area contributed by atoms with Gasteiger partial charge in [-0.1, -0.05) is 262 Å². The molecule has 0 bridgehead atoms. The molecule has 0 saturated heterocycles. The first kappa shape index (κ1) is 66.4. The molecule has 1 unspecified atom stereocenters. The molecular weight excluding hydrogens is 853 g/mol. The highest BCUT2D eigenvalue weighted by Gasteiger charge is 2.19. The van der Waals surface area contributed by atoms with Crippen LogP contribution < -0.4 is 0 Å². The van der Waals surface area contributed by atoms with Gasteiger partial charge in [0.25, 0.3) is 0 Å². The van der Waals surface area contributed by atoms with Crippen molar-refractivity contribution in [3.05, 3.63) is 48.6 Å². The highest BCUT2D eigenvalue weighted by Crippen LogP contribution is 2.16. The summed E-state index contributed by atoms with van der Waals surface area (Å²) in [5, 5.41) is 0. The fraction of sp³-hybridized carbons (Fsp3) is 0.825. The van der Waals surface area contributed by atoms with Gasteiger partial charge < -0.3 is 14.2 Å². The molecule has 6 heteroatoms. The van der Waals surface area contributed by atoms with Crippen LogP contribution in [-0.4, -0.2) is 37.2 Å². The van der Waals surface area contributed by atoms with Crippen molar-refractivity contribution in [2.45, 2.75) is 322 Å². The van der Waals surface area contributed by atoms with Crippen molar-refractivity contribution in [2.24, 2.45) is 0 Å². The van der Waals surface area contributed by atoms with E-state index in [1.807, 2.05) is 0 Å².